The summed E-state index contributed by atoms with van der Waals surface area (Å²) in [4.78, 5) is 7.39. The second-order valence-corrected chi connectivity index (χ2v) is 7.88. The predicted octanol–water partition coefficient (Wildman–Crippen LogP) is 2.41. The minimum atomic E-state index is 0.0543. The molecule has 0 atom stereocenters. The van der Waals surface area contributed by atoms with Gasteiger partial charge in [0.1, 0.15) is 5.84 Å². The molecule has 1 saturated heterocycles. The Morgan fingerprint density at radius 3 is 2.52 bits per heavy atom. The second kappa shape index (κ2) is 6.62. The summed E-state index contributed by atoms with van der Waals surface area (Å²) in [5.41, 5.74) is 1.52. The molecule has 126 valence electrons. The van der Waals surface area contributed by atoms with E-state index < -0.39 is 0 Å². The number of benzene rings is 1. The van der Waals surface area contributed by atoms with Crippen molar-refractivity contribution >= 4 is 5.84 Å². The van der Waals surface area contributed by atoms with Gasteiger partial charge in [0, 0.05) is 31.7 Å². The Morgan fingerprint density at radius 2 is 1.87 bits per heavy atom. The number of hydrogen-bond donors (Lipinski definition) is 2. The smallest absolute Gasteiger partial charge is 0.117 e. The van der Waals surface area contributed by atoms with Gasteiger partial charge in [-0.1, -0.05) is 30.3 Å². The molecule has 1 spiro atoms. The van der Waals surface area contributed by atoms with Gasteiger partial charge in [0.05, 0.1) is 12.1 Å². The number of amidine groups is 1. The molecule has 3 rings (SSSR count). The van der Waals surface area contributed by atoms with Gasteiger partial charge < -0.3 is 10.6 Å². The quantitative estimate of drug-likeness (QED) is 0.880. The summed E-state index contributed by atoms with van der Waals surface area (Å²) < 4.78 is 0. The van der Waals surface area contributed by atoms with Crippen LogP contribution in [0.4, 0.5) is 0 Å². The summed E-state index contributed by atoms with van der Waals surface area (Å²) in [6.45, 7) is 11.8. The highest BCUT2D eigenvalue weighted by Gasteiger charge is 2.41. The van der Waals surface area contributed by atoms with Crippen LogP contribution in [0.5, 0.6) is 0 Å². The summed E-state index contributed by atoms with van der Waals surface area (Å²) in [6.07, 6.45) is 2.25. The van der Waals surface area contributed by atoms with Crippen molar-refractivity contribution in [3.63, 3.8) is 0 Å². The van der Waals surface area contributed by atoms with E-state index in [-0.39, 0.29) is 11.1 Å². The predicted molar refractivity (Wildman–Crippen MR) is 96.9 cm³/mol. The summed E-state index contributed by atoms with van der Waals surface area (Å²) in [6, 6.07) is 10.8. The first-order valence-electron chi connectivity index (χ1n) is 8.81. The number of aliphatic imine (C=N–C) groups is 1. The van der Waals surface area contributed by atoms with E-state index in [0.29, 0.717) is 0 Å². The molecule has 0 saturated carbocycles. The van der Waals surface area contributed by atoms with Crippen molar-refractivity contribution in [2.45, 2.75) is 51.2 Å². The van der Waals surface area contributed by atoms with Gasteiger partial charge in [0.15, 0.2) is 0 Å². The van der Waals surface area contributed by atoms with Gasteiger partial charge in [-0.05, 0) is 39.2 Å². The Labute approximate surface area is 140 Å². The Kier molecular flexibility index (Phi) is 4.74. The zero-order valence-electron chi connectivity index (χ0n) is 14.7. The molecule has 2 N–H and O–H groups in total. The first kappa shape index (κ1) is 16.5. The third kappa shape index (κ3) is 4.12. The maximum atomic E-state index is 4.83. The normalized spacial score (nSPS) is 22.0. The van der Waals surface area contributed by atoms with Crippen molar-refractivity contribution in [2.75, 3.05) is 26.2 Å². The fourth-order valence-electron chi connectivity index (χ4n) is 3.56. The van der Waals surface area contributed by atoms with Crippen molar-refractivity contribution in [3.8, 4) is 0 Å². The van der Waals surface area contributed by atoms with Crippen molar-refractivity contribution in [2.24, 2.45) is 4.99 Å². The number of likely N-dealkylation sites (tertiary alicyclic amines) is 1. The van der Waals surface area contributed by atoms with E-state index >= 15 is 0 Å². The molecule has 0 amide bonds. The van der Waals surface area contributed by atoms with E-state index in [0.717, 1.165) is 45.6 Å². The van der Waals surface area contributed by atoms with Crippen molar-refractivity contribution in [1.29, 1.82) is 0 Å². The lowest BCUT2D eigenvalue weighted by Gasteiger charge is -2.46. The molecule has 4 nitrogen and oxygen atoms in total. The Balaban J connectivity index is 1.64. The zero-order chi connectivity index (χ0) is 16.3. The minimum Gasteiger partial charge on any atom is -0.368 e. The summed E-state index contributed by atoms with van der Waals surface area (Å²) in [5.74, 6) is 1.18. The molecule has 0 aliphatic carbocycles. The van der Waals surface area contributed by atoms with Crippen LogP contribution in [-0.4, -0.2) is 48.0 Å². The first-order chi connectivity index (χ1) is 11.0. The zero-order valence-corrected chi connectivity index (χ0v) is 14.7. The average molecular weight is 314 g/mol. The van der Waals surface area contributed by atoms with Gasteiger partial charge in [-0.3, -0.25) is 9.89 Å². The summed E-state index contributed by atoms with van der Waals surface area (Å²) >= 11 is 0. The highest BCUT2D eigenvalue weighted by molar-refractivity contribution is 5.92. The first-order valence-corrected chi connectivity index (χ1v) is 8.81. The van der Waals surface area contributed by atoms with Crippen LogP contribution in [0.15, 0.2) is 35.3 Å². The van der Waals surface area contributed by atoms with Gasteiger partial charge >= 0.3 is 0 Å². The molecule has 1 aromatic rings. The molecule has 0 radical (unpaired) electrons. The maximum absolute atomic E-state index is 4.83. The molecule has 2 heterocycles. The standard InChI is InChI=1S/C19H30N4/c1-18(2,3)22-17-19(21-12-11-20-17)9-13-23(14-10-19)15-16-7-5-4-6-8-16/h4-8,21H,9-15H2,1-3H3,(H,20,22). The van der Waals surface area contributed by atoms with Crippen molar-refractivity contribution in [3.05, 3.63) is 35.9 Å². The second-order valence-electron chi connectivity index (χ2n) is 7.88. The molecule has 0 bridgehead atoms. The lowest BCUT2D eigenvalue weighted by molar-refractivity contribution is 0.160. The number of nitrogens with zero attached hydrogens (tertiary/aromatic N) is 2. The van der Waals surface area contributed by atoms with E-state index in [4.69, 9.17) is 4.99 Å². The van der Waals surface area contributed by atoms with Crippen LogP contribution in [0.25, 0.3) is 0 Å². The number of piperidine rings is 1. The molecule has 1 fully saturated rings. The molecule has 4 heteroatoms. The van der Waals surface area contributed by atoms with Crippen LogP contribution >= 0.6 is 0 Å². The van der Waals surface area contributed by atoms with Gasteiger partial charge in [0.25, 0.3) is 0 Å². The molecular formula is C19H30N4. The van der Waals surface area contributed by atoms with Gasteiger partial charge in [0.2, 0.25) is 0 Å². The Bertz CT molecular complexity index is 536. The van der Waals surface area contributed by atoms with Crippen LogP contribution in [0.3, 0.4) is 0 Å². The van der Waals surface area contributed by atoms with Crippen LogP contribution < -0.4 is 10.6 Å². The third-order valence-corrected chi connectivity index (χ3v) is 4.75. The van der Waals surface area contributed by atoms with E-state index in [1.165, 1.54) is 11.4 Å². The molecule has 0 aromatic heterocycles. The fourth-order valence-corrected chi connectivity index (χ4v) is 3.56. The third-order valence-electron chi connectivity index (χ3n) is 4.75. The molecule has 2 aliphatic heterocycles. The largest absolute Gasteiger partial charge is 0.368 e. The number of hydrogen-bond acceptors (Lipinski definition) is 4. The lowest BCUT2D eigenvalue weighted by Crippen LogP contribution is -2.66. The van der Waals surface area contributed by atoms with Crippen LogP contribution in [0.2, 0.25) is 0 Å². The number of rotatable bonds is 2. The SMILES string of the molecule is CC(C)(C)NC1=NCCNC12CCN(Cc1ccccc1)CC2. The fraction of sp³-hybridized carbons (Fsp3) is 0.632. The molecule has 2 aliphatic rings. The maximum Gasteiger partial charge on any atom is 0.117 e. The lowest BCUT2D eigenvalue weighted by atomic mass is 9.84. The molecule has 1 aromatic carbocycles. The minimum absolute atomic E-state index is 0.0543. The highest BCUT2D eigenvalue weighted by Crippen LogP contribution is 2.27. The van der Waals surface area contributed by atoms with E-state index in [2.05, 4.69) is 66.6 Å². The average Bonchev–Trinajstić information content (AvgIpc) is 2.52. The summed E-state index contributed by atoms with van der Waals surface area (Å²) in [5, 5.41) is 7.42. The Hall–Kier alpha value is -1.39. The van der Waals surface area contributed by atoms with Crippen molar-refractivity contribution in [1.82, 2.24) is 15.5 Å². The van der Waals surface area contributed by atoms with E-state index in [1.807, 2.05) is 0 Å². The molecular weight excluding hydrogens is 284 g/mol. The molecule has 23 heavy (non-hydrogen) atoms. The number of nitrogens with one attached hydrogen (secondary N) is 2. The Morgan fingerprint density at radius 1 is 1.17 bits per heavy atom. The van der Waals surface area contributed by atoms with Gasteiger partial charge in [-0.2, -0.15) is 0 Å². The van der Waals surface area contributed by atoms with Gasteiger partial charge in [-0.25, -0.2) is 0 Å². The monoisotopic (exact) mass is 314 g/mol. The van der Waals surface area contributed by atoms with Crippen LogP contribution in [0.1, 0.15) is 39.2 Å². The van der Waals surface area contributed by atoms with Crippen LogP contribution in [-0.2, 0) is 6.54 Å². The highest BCUT2D eigenvalue weighted by atomic mass is 15.2. The van der Waals surface area contributed by atoms with Crippen molar-refractivity contribution < 1.29 is 0 Å². The van der Waals surface area contributed by atoms with Gasteiger partial charge in [-0.15, -0.1) is 0 Å². The van der Waals surface area contributed by atoms with Crippen LogP contribution in [0, 0.1) is 0 Å². The molecule has 0 unspecified atom stereocenters. The summed E-state index contributed by atoms with van der Waals surface area (Å²) in [7, 11) is 0. The topological polar surface area (TPSA) is 39.7 Å². The van der Waals surface area contributed by atoms with E-state index in [9.17, 15) is 0 Å². The van der Waals surface area contributed by atoms with E-state index in [1.54, 1.807) is 0 Å².